The van der Waals surface area contributed by atoms with E-state index in [-0.39, 0.29) is 58.6 Å². The minimum absolute atomic E-state index is 0.00872. The topological polar surface area (TPSA) is 103 Å². The molecule has 4 fully saturated rings. The number of ketones is 1. The quantitative estimate of drug-likeness (QED) is 0.0544. The normalized spacial score (nSPS) is 24.1. The van der Waals surface area contributed by atoms with E-state index in [4.69, 9.17) is 6.42 Å². The van der Waals surface area contributed by atoms with E-state index < -0.39 is 18.0 Å². The third-order valence-electron chi connectivity index (χ3n) is 13.3. The number of hydrogen-bond acceptors (Lipinski definition) is 6. The number of nitrogens with one attached hydrogen (secondary N) is 4. The fourth-order valence-electron chi connectivity index (χ4n) is 9.64. The van der Waals surface area contributed by atoms with Crippen molar-refractivity contribution in [3.8, 4) is 12.3 Å². The molecule has 54 heavy (non-hydrogen) atoms. The number of likely N-dealkylation sites (tertiary alicyclic amines) is 1. The van der Waals surface area contributed by atoms with Gasteiger partial charge in [-0.25, -0.2) is 0 Å². The Kier molecular flexibility index (Phi) is 15.5. The van der Waals surface area contributed by atoms with Crippen LogP contribution in [0.5, 0.6) is 0 Å². The highest BCUT2D eigenvalue weighted by molar-refractivity contribution is 5.96. The Balaban J connectivity index is 1.47. The van der Waals surface area contributed by atoms with Gasteiger partial charge < -0.3 is 26.2 Å². The number of allylic oxidation sites excluding steroid dienone is 1. The number of carbonyl (C=O) groups is 3. The summed E-state index contributed by atoms with van der Waals surface area (Å²) in [5.41, 5.74) is 1.35. The van der Waals surface area contributed by atoms with Crippen LogP contribution in [-0.2, 0) is 14.4 Å². The van der Waals surface area contributed by atoms with Crippen LogP contribution in [0, 0.1) is 52.8 Å². The minimum Gasteiger partial charge on any atom is -0.389 e. The average molecular weight is 744 g/mol. The van der Waals surface area contributed by atoms with Crippen molar-refractivity contribution in [2.45, 2.75) is 149 Å². The lowest BCUT2D eigenvalue weighted by Gasteiger charge is -2.39. The predicted octanol–water partition coefficient (Wildman–Crippen LogP) is 7.79. The average Bonchev–Trinajstić information content (AvgIpc) is 3.44. The maximum Gasteiger partial charge on any atom is 0.247 e. The molecular formula is C46H73N5O3. The van der Waals surface area contributed by atoms with Gasteiger partial charge in [0.15, 0.2) is 5.78 Å². The minimum atomic E-state index is -0.543. The summed E-state index contributed by atoms with van der Waals surface area (Å²) < 4.78 is 0. The second-order valence-corrected chi connectivity index (χ2v) is 18.6. The fourth-order valence-corrected chi connectivity index (χ4v) is 9.64. The SMILES string of the molecule is C#CCCC(CC(=O)C1[C@@H]2[C@H](CN1C(=O)C(NC(=C)NC(CCC(=C)NCC1CCCCC1)C(C)(C)C)C1CCCCC1)C2(C)C)C(=C)C(=O)NCC=C. The first-order valence-electron chi connectivity index (χ1n) is 21.1. The lowest BCUT2D eigenvalue weighted by atomic mass is 9.82. The molecule has 0 aromatic carbocycles. The van der Waals surface area contributed by atoms with Gasteiger partial charge in [0.05, 0.1) is 11.9 Å². The number of nitrogens with zero attached hydrogens (tertiary/aromatic N) is 1. The number of carbonyl (C=O) groups excluding carboxylic acids is 3. The van der Waals surface area contributed by atoms with Gasteiger partial charge in [0.2, 0.25) is 11.8 Å². The van der Waals surface area contributed by atoms with Crippen LogP contribution in [0.3, 0.4) is 0 Å². The Morgan fingerprint density at radius 2 is 1.59 bits per heavy atom. The van der Waals surface area contributed by atoms with Crippen molar-refractivity contribution in [2.24, 2.45) is 40.4 Å². The molecule has 0 aromatic rings. The summed E-state index contributed by atoms with van der Waals surface area (Å²) in [5, 5.41) is 13.7. The van der Waals surface area contributed by atoms with E-state index in [9.17, 15) is 14.4 Å². The maximum absolute atomic E-state index is 14.9. The monoisotopic (exact) mass is 744 g/mol. The lowest BCUT2D eigenvalue weighted by Crippen LogP contribution is -2.57. The number of rotatable bonds is 21. The summed E-state index contributed by atoms with van der Waals surface area (Å²) in [6, 6.07) is -0.914. The maximum atomic E-state index is 14.9. The molecule has 4 N–H and O–H groups in total. The molecule has 0 aromatic heterocycles. The highest BCUT2D eigenvalue weighted by Gasteiger charge is 2.69. The van der Waals surface area contributed by atoms with Crippen molar-refractivity contribution in [2.75, 3.05) is 19.6 Å². The van der Waals surface area contributed by atoms with Gasteiger partial charge in [0.1, 0.15) is 6.04 Å². The Morgan fingerprint density at radius 1 is 0.944 bits per heavy atom. The first kappa shape index (κ1) is 43.3. The summed E-state index contributed by atoms with van der Waals surface area (Å²) >= 11 is 0. The van der Waals surface area contributed by atoms with Crippen LogP contribution in [0.4, 0.5) is 0 Å². The second-order valence-electron chi connectivity index (χ2n) is 18.6. The van der Waals surface area contributed by atoms with Gasteiger partial charge in [-0.2, -0.15) is 0 Å². The number of hydrogen-bond donors (Lipinski definition) is 4. The van der Waals surface area contributed by atoms with Crippen molar-refractivity contribution >= 4 is 17.6 Å². The summed E-state index contributed by atoms with van der Waals surface area (Å²) in [6.07, 6.45) is 21.9. The summed E-state index contributed by atoms with van der Waals surface area (Å²) in [5.74, 6) is 3.85. The lowest BCUT2D eigenvalue weighted by molar-refractivity contribution is -0.142. The van der Waals surface area contributed by atoms with E-state index >= 15 is 0 Å². The summed E-state index contributed by atoms with van der Waals surface area (Å²) in [4.78, 5) is 44.1. The molecule has 4 unspecified atom stereocenters. The van der Waals surface area contributed by atoms with E-state index in [1.807, 2.05) is 4.90 Å². The first-order chi connectivity index (χ1) is 25.6. The Hall–Kier alpha value is -3.47. The Bertz CT molecular complexity index is 1410. The molecule has 6 atom stereocenters. The van der Waals surface area contributed by atoms with E-state index in [1.165, 1.54) is 38.5 Å². The first-order valence-corrected chi connectivity index (χ1v) is 21.1. The van der Waals surface area contributed by atoms with Gasteiger partial charge in [0.25, 0.3) is 0 Å². The van der Waals surface area contributed by atoms with Crippen LogP contribution in [0.25, 0.3) is 0 Å². The molecule has 0 spiro atoms. The zero-order valence-electron chi connectivity index (χ0n) is 34.5. The molecule has 8 nitrogen and oxygen atoms in total. The van der Waals surface area contributed by atoms with Crippen LogP contribution < -0.4 is 21.3 Å². The van der Waals surface area contributed by atoms with Gasteiger partial charge in [-0.05, 0) is 85.4 Å². The van der Waals surface area contributed by atoms with Gasteiger partial charge in [-0.15, -0.1) is 18.9 Å². The number of piperidine rings is 1. The Labute approximate surface area is 328 Å². The van der Waals surface area contributed by atoms with Gasteiger partial charge in [-0.3, -0.25) is 14.4 Å². The van der Waals surface area contributed by atoms with Gasteiger partial charge in [-0.1, -0.05) is 99.0 Å². The molecule has 4 aliphatic rings. The number of amides is 2. The van der Waals surface area contributed by atoms with Crippen LogP contribution in [0.1, 0.15) is 131 Å². The second kappa shape index (κ2) is 19.4. The summed E-state index contributed by atoms with van der Waals surface area (Å²) in [7, 11) is 0. The number of Topliss-reactive ketones (excluding diaryl/α,β-unsaturated/α-hetero) is 1. The van der Waals surface area contributed by atoms with Crippen LogP contribution in [-0.4, -0.2) is 60.3 Å². The molecule has 1 saturated heterocycles. The highest BCUT2D eigenvalue weighted by atomic mass is 16.2. The fraction of sp³-hybridized carbons (Fsp3) is 0.717. The number of fused-ring (bicyclic) bond motifs is 1. The molecule has 2 amide bonds. The van der Waals surface area contributed by atoms with E-state index in [1.54, 1.807) is 6.08 Å². The third-order valence-corrected chi connectivity index (χ3v) is 13.3. The van der Waals surface area contributed by atoms with E-state index in [0.717, 1.165) is 56.7 Å². The van der Waals surface area contributed by atoms with Crippen LogP contribution in [0.15, 0.2) is 49.5 Å². The molecule has 1 aliphatic heterocycles. The van der Waals surface area contributed by atoms with Crippen LogP contribution >= 0.6 is 0 Å². The standard InChI is InChI=1S/C46H73N5O3/c1-11-13-22-36(32(4)43(53)47-27-12-2)28-38(52)42-40-37(46(40,9)10)30-51(42)44(54)41(35-23-18-15-19-24-35)50-33(5)49-39(45(6,7)8)26-25-31(3)48-29-34-20-16-14-17-21-34/h1,12,34-37,39-42,48-50H,2-5,13-30H2,6-10H3,(H,47,53)/t36?,37-,39?,40-,41?,42?/m0/s1. The van der Waals surface area contributed by atoms with E-state index in [2.05, 4.69) is 88.1 Å². The molecule has 3 saturated carbocycles. The Morgan fingerprint density at radius 3 is 2.20 bits per heavy atom. The molecule has 1 heterocycles. The zero-order valence-corrected chi connectivity index (χ0v) is 34.5. The number of terminal acetylenes is 1. The predicted molar refractivity (Wildman–Crippen MR) is 222 cm³/mol. The van der Waals surface area contributed by atoms with Crippen molar-refractivity contribution in [3.63, 3.8) is 0 Å². The summed E-state index contributed by atoms with van der Waals surface area (Å²) in [6.45, 7) is 29.6. The third kappa shape index (κ3) is 11.3. The molecule has 4 rings (SSSR count). The molecule has 3 aliphatic carbocycles. The highest BCUT2D eigenvalue weighted by Crippen LogP contribution is 2.65. The molecule has 300 valence electrons. The van der Waals surface area contributed by atoms with Gasteiger partial charge >= 0.3 is 0 Å². The van der Waals surface area contributed by atoms with Crippen molar-refractivity contribution in [1.82, 2.24) is 26.2 Å². The molecular weight excluding hydrogens is 671 g/mol. The van der Waals surface area contributed by atoms with Crippen molar-refractivity contribution in [3.05, 3.63) is 49.5 Å². The largest absolute Gasteiger partial charge is 0.389 e. The molecule has 0 bridgehead atoms. The van der Waals surface area contributed by atoms with Crippen molar-refractivity contribution in [1.29, 1.82) is 0 Å². The van der Waals surface area contributed by atoms with Crippen molar-refractivity contribution < 1.29 is 14.4 Å². The van der Waals surface area contributed by atoms with Gasteiger partial charge in [0, 0.05) is 49.8 Å². The van der Waals surface area contributed by atoms with E-state index in [0.29, 0.717) is 37.3 Å². The smallest absolute Gasteiger partial charge is 0.247 e. The molecule has 8 heteroatoms. The molecule has 0 radical (unpaired) electrons. The zero-order chi connectivity index (χ0) is 39.6. The van der Waals surface area contributed by atoms with Crippen LogP contribution in [0.2, 0.25) is 0 Å².